The quantitative estimate of drug-likeness (QED) is 0.938. The molecule has 0 saturated carbocycles. The first kappa shape index (κ1) is 15.4. The van der Waals surface area contributed by atoms with E-state index in [1.54, 1.807) is 12.1 Å². The van der Waals surface area contributed by atoms with Crippen LogP contribution in [0.4, 0.5) is 5.69 Å². The van der Waals surface area contributed by atoms with Crippen molar-refractivity contribution in [2.75, 3.05) is 4.72 Å². The monoisotopic (exact) mass is 320 g/mol. The van der Waals surface area contributed by atoms with Gasteiger partial charge >= 0.3 is 0 Å². The molecule has 0 unspecified atom stereocenters. The van der Waals surface area contributed by atoms with Crippen molar-refractivity contribution in [2.45, 2.75) is 18.7 Å². The molecule has 2 aromatic carbocycles. The molecule has 1 N–H and O–H groups in total. The summed E-state index contributed by atoms with van der Waals surface area (Å²) in [5, 5.41) is 8.92. The second-order valence-corrected chi connectivity index (χ2v) is 6.82. The molecule has 0 amide bonds. The smallest absolute Gasteiger partial charge is 0.261 e. The number of sulfonamides is 1. The maximum atomic E-state index is 12.3. The lowest BCUT2D eigenvalue weighted by molar-refractivity contribution is 0.601. The second-order valence-electron chi connectivity index (χ2n) is 4.74. The standard InChI is InChI=1S/C15H13ClN2O2S/c1-10-5-11(2)7-13(6-10)18-21(19,20)14-4-3-12(9-17)15(16)8-14/h3-8,18H,1-2H3. The van der Waals surface area contributed by atoms with Crippen LogP contribution in [0.3, 0.4) is 0 Å². The van der Waals surface area contributed by atoms with Gasteiger partial charge in [-0.15, -0.1) is 0 Å². The largest absolute Gasteiger partial charge is 0.280 e. The zero-order valence-electron chi connectivity index (χ0n) is 11.5. The topological polar surface area (TPSA) is 70.0 Å². The molecular weight excluding hydrogens is 308 g/mol. The maximum absolute atomic E-state index is 12.3. The van der Waals surface area contributed by atoms with Crippen LogP contribution in [-0.2, 0) is 10.0 Å². The predicted molar refractivity (Wildman–Crippen MR) is 82.9 cm³/mol. The molecule has 21 heavy (non-hydrogen) atoms. The van der Waals surface area contributed by atoms with Gasteiger partial charge < -0.3 is 0 Å². The number of aryl methyl sites for hydroxylation is 2. The van der Waals surface area contributed by atoms with Crippen LogP contribution in [0.25, 0.3) is 0 Å². The van der Waals surface area contributed by atoms with Crippen LogP contribution in [-0.4, -0.2) is 8.42 Å². The fraction of sp³-hybridized carbons (Fsp3) is 0.133. The van der Waals surface area contributed by atoms with Gasteiger partial charge in [0.1, 0.15) is 6.07 Å². The molecule has 0 bridgehead atoms. The number of hydrogen-bond donors (Lipinski definition) is 1. The van der Waals surface area contributed by atoms with Crippen molar-refractivity contribution in [3.05, 3.63) is 58.1 Å². The Labute approximate surface area is 129 Å². The highest BCUT2D eigenvalue weighted by atomic mass is 35.5. The lowest BCUT2D eigenvalue weighted by atomic mass is 10.1. The van der Waals surface area contributed by atoms with Gasteiger partial charge in [-0.2, -0.15) is 5.26 Å². The predicted octanol–water partition coefficient (Wildman–Crippen LogP) is 3.63. The third-order valence-electron chi connectivity index (χ3n) is 2.85. The Morgan fingerprint density at radius 1 is 1.10 bits per heavy atom. The van der Waals surface area contributed by atoms with Crippen LogP contribution < -0.4 is 4.72 Å². The Morgan fingerprint density at radius 3 is 2.24 bits per heavy atom. The summed E-state index contributed by atoms with van der Waals surface area (Å²) >= 11 is 5.87. The van der Waals surface area contributed by atoms with E-state index < -0.39 is 10.0 Å². The van der Waals surface area contributed by atoms with E-state index >= 15 is 0 Å². The number of nitriles is 1. The molecule has 0 saturated heterocycles. The van der Waals surface area contributed by atoms with Crippen molar-refractivity contribution in [2.24, 2.45) is 0 Å². The summed E-state index contributed by atoms with van der Waals surface area (Å²) in [6, 6.07) is 11.4. The summed E-state index contributed by atoms with van der Waals surface area (Å²) in [5.41, 5.74) is 2.66. The molecule has 0 aliphatic rings. The number of nitrogens with one attached hydrogen (secondary N) is 1. The normalized spacial score (nSPS) is 11.0. The van der Waals surface area contributed by atoms with E-state index in [1.165, 1.54) is 18.2 Å². The molecule has 0 aromatic heterocycles. The maximum Gasteiger partial charge on any atom is 0.261 e. The lowest BCUT2D eigenvalue weighted by Gasteiger charge is -2.10. The van der Waals surface area contributed by atoms with E-state index in [0.29, 0.717) is 5.69 Å². The summed E-state index contributed by atoms with van der Waals surface area (Å²) < 4.78 is 27.2. The van der Waals surface area contributed by atoms with E-state index in [0.717, 1.165) is 11.1 Å². The fourth-order valence-electron chi connectivity index (χ4n) is 2.00. The molecular formula is C15H13ClN2O2S. The van der Waals surface area contributed by atoms with E-state index in [9.17, 15) is 8.42 Å². The molecule has 108 valence electrons. The van der Waals surface area contributed by atoms with Crippen molar-refractivity contribution in [1.82, 2.24) is 0 Å². The molecule has 2 aromatic rings. The number of nitrogens with zero attached hydrogens (tertiary/aromatic N) is 1. The van der Waals surface area contributed by atoms with Crippen LogP contribution in [0.1, 0.15) is 16.7 Å². The number of halogens is 1. The molecule has 0 fully saturated rings. The van der Waals surface area contributed by atoms with Gasteiger partial charge in [-0.25, -0.2) is 8.42 Å². The van der Waals surface area contributed by atoms with Gasteiger partial charge in [0, 0.05) is 5.69 Å². The summed E-state index contributed by atoms with van der Waals surface area (Å²) in [7, 11) is -3.74. The van der Waals surface area contributed by atoms with Crippen LogP contribution in [0.15, 0.2) is 41.3 Å². The molecule has 0 radical (unpaired) electrons. The number of rotatable bonds is 3. The van der Waals surface area contributed by atoms with Gasteiger partial charge in [0.15, 0.2) is 0 Å². The first-order chi connectivity index (χ1) is 9.81. The van der Waals surface area contributed by atoms with Crippen molar-refractivity contribution in [1.29, 1.82) is 5.26 Å². The van der Waals surface area contributed by atoms with Gasteiger partial charge in [-0.05, 0) is 55.3 Å². The summed E-state index contributed by atoms with van der Waals surface area (Å²) in [5.74, 6) is 0. The minimum absolute atomic E-state index is 0.0191. The Bertz CT molecular complexity index is 819. The molecule has 2 rings (SSSR count). The molecule has 0 aliphatic heterocycles. The lowest BCUT2D eigenvalue weighted by Crippen LogP contribution is -2.13. The number of hydrogen-bond acceptors (Lipinski definition) is 3. The van der Waals surface area contributed by atoms with Crippen molar-refractivity contribution in [3.63, 3.8) is 0 Å². The molecule has 0 spiro atoms. The highest BCUT2D eigenvalue weighted by Crippen LogP contribution is 2.23. The highest BCUT2D eigenvalue weighted by molar-refractivity contribution is 7.92. The van der Waals surface area contributed by atoms with Gasteiger partial charge in [0.05, 0.1) is 15.5 Å². The average molecular weight is 321 g/mol. The van der Waals surface area contributed by atoms with Crippen molar-refractivity contribution in [3.8, 4) is 6.07 Å². The number of anilines is 1. The molecule has 0 aliphatic carbocycles. The zero-order chi connectivity index (χ0) is 15.6. The third kappa shape index (κ3) is 3.54. The average Bonchev–Trinajstić information content (AvgIpc) is 2.36. The second kappa shape index (κ2) is 5.76. The zero-order valence-corrected chi connectivity index (χ0v) is 13.1. The summed E-state index contributed by atoms with van der Waals surface area (Å²) in [4.78, 5) is 0.0191. The van der Waals surface area contributed by atoms with Crippen molar-refractivity contribution < 1.29 is 8.42 Å². The molecule has 4 nitrogen and oxygen atoms in total. The molecule has 0 heterocycles. The van der Waals surface area contributed by atoms with Crippen LogP contribution in [0.5, 0.6) is 0 Å². The van der Waals surface area contributed by atoms with E-state index in [-0.39, 0.29) is 15.5 Å². The summed E-state index contributed by atoms with van der Waals surface area (Å²) in [6.45, 7) is 3.78. The first-order valence-electron chi connectivity index (χ1n) is 6.12. The fourth-order valence-corrected chi connectivity index (χ4v) is 3.36. The minimum atomic E-state index is -3.74. The molecule has 6 heteroatoms. The van der Waals surface area contributed by atoms with E-state index in [4.69, 9.17) is 16.9 Å². The highest BCUT2D eigenvalue weighted by Gasteiger charge is 2.16. The van der Waals surface area contributed by atoms with Crippen LogP contribution >= 0.6 is 11.6 Å². The van der Waals surface area contributed by atoms with Crippen LogP contribution in [0, 0.1) is 25.2 Å². The Kier molecular flexibility index (Phi) is 4.21. The van der Waals surface area contributed by atoms with Crippen LogP contribution in [0.2, 0.25) is 5.02 Å². The van der Waals surface area contributed by atoms with Gasteiger partial charge in [0.2, 0.25) is 0 Å². The van der Waals surface area contributed by atoms with Gasteiger partial charge in [-0.3, -0.25) is 4.72 Å². The van der Waals surface area contributed by atoms with Gasteiger partial charge in [0.25, 0.3) is 10.0 Å². The van der Waals surface area contributed by atoms with E-state index in [1.807, 2.05) is 26.0 Å². The Hall–Kier alpha value is -2.03. The van der Waals surface area contributed by atoms with Crippen molar-refractivity contribution >= 4 is 27.3 Å². The Balaban J connectivity index is 2.39. The SMILES string of the molecule is Cc1cc(C)cc(NS(=O)(=O)c2ccc(C#N)c(Cl)c2)c1. The third-order valence-corrected chi connectivity index (χ3v) is 4.54. The summed E-state index contributed by atoms with van der Waals surface area (Å²) in [6.07, 6.45) is 0. The number of benzene rings is 2. The van der Waals surface area contributed by atoms with Gasteiger partial charge in [-0.1, -0.05) is 17.7 Å². The minimum Gasteiger partial charge on any atom is -0.280 e. The molecule has 0 atom stereocenters. The first-order valence-corrected chi connectivity index (χ1v) is 7.99. The van der Waals surface area contributed by atoms with E-state index in [2.05, 4.69) is 4.72 Å². The Morgan fingerprint density at radius 2 is 1.71 bits per heavy atom.